The summed E-state index contributed by atoms with van der Waals surface area (Å²) in [5.41, 5.74) is 2.39. The summed E-state index contributed by atoms with van der Waals surface area (Å²) >= 11 is 0. The summed E-state index contributed by atoms with van der Waals surface area (Å²) in [4.78, 5) is 26.4. The van der Waals surface area contributed by atoms with E-state index in [0.717, 1.165) is 18.2 Å². The maximum atomic E-state index is 12.8. The van der Waals surface area contributed by atoms with E-state index in [1.165, 1.54) is 33.2 Å². The molecule has 0 bridgehead atoms. The van der Waals surface area contributed by atoms with Crippen molar-refractivity contribution in [1.29, 1.82) is 0 Å². The number of rotatable bonds is 7. The number of piperidine rings is 1. The van der Waals surface area contributed by atoms with Crippen LogP contribution in [0.3, 0.4) is 0 Å². The van der Waals surface area contributed by atoms with E-state index in [1.54, 1.807) is 24.4 Å². The molecule has 0 radical (unpaired) electrons. The van der Waals surface area contributed by atoms with E-state index in [9.17, 15) is 23.1 Å². The van der Waals surface area contributed by atoms with Gasteiger partial charge in [0.25, 0.3) is 5.56 Å². The highest BCUT2D eigenvalue weighted by molar-refractivity contribution is 7.90. The predicted molar refractivity (Wildman–Crippen MR) is 146 cm³/mol. The van der Waals surface area contributed by atoms with Gasteiger partial charge in [-0.15, -0.1) is 0 Å². The van der Waals surface area contributed by atoms with Crippen molar-refractivity contribution in [3.8, 4) is 11.4 Å². The first-order valence-electron chi connectivity index (χ1n) is 12.7. The zero-order chi connectivity index (χ0) is 27.7. The van der Waals surface area contributed by atoms with Crippen LogP contribution in [-0.2, 0) is 15.3 Å². The van der Waals surface area contributed by atoms with Gasteiger partial charge in [0.1, 0.15) is 11.9 Å². The van der Waals surface area contributed by atoms with Gasteiger partial charge in [0, 0.05) is 43.6 Å². The van der Waals surface area contributed by atoms with Gasteiger partial charge in [-0.25, -0.2) is 13.2 Å². The molecule has 2 aromatic carbocycles. The summed E-state index contributed by atoms with van der Waals surface area (Å²) in [7, 11) is -3.33. The molecule has 1 N–H and O–H groups in total. The Kier molecular flexibility index (Phi) is 7.69. The summed E-state index contributed by atoms with van der Waals surface area (Å²) in [5, 5.41) is 9.81. The first-order chi connectivity index (χ1) is 17.9. The number of nitrogens with zero attached hydrogens (tertiary/aromatic N) is 2. The molecule has 1 amide bonds. The minimum atomic E-state index is -3.33. The predicted octanol–water partition coefficient (Wildman–Crippen LogP) is 5.19. The number of aromatic nitrogens is 1. The van der Waals surface area contributed by atoms with Crippen molar-refractivity contribution < 1.29 is 23.1 Å². The summed E-state index contributed by atoms with van der Waals surface area (Å²) in [6.45, 7) is 6.86. The minimum absolute atomic E-state index is 0.0409. The van der Waals surface area contributed by atoms with Crippen LogP contribution in [0.25, 0.3) is 5.69 Å². The molecule has 2 atom stereocenters. The van der Waals surface area contributed by atoms with Crippen LogP contribution in [0.4, 0.5) is 4.79 Å². The zero-order valence-electron chi connectivity index (χ0n) is 22.1. The number of sulfone groups is 1. The van der Waals surface area contributed by atoms with E-state index in [1.807, 2.05) is 12.1 Å². The van der Waals surface area contributed by atoms with Crippen molar-refractivity contribution in [1.82, 2.24) is 9.47 Å². The molecular formula is C29H34N2O6S. The highest BCUT2D eigenvalue weighted by Crippen LogP contribution is 2.35. The normalized spacial score (nSPS) is 18.3. The molecule has 1 aliphatic rings. The molecule has 0 saturated carbocycles. The molecule has 1 saturated heterocycles. The van der Waals surface area contributed by atoms with Gasteiger partial charge >= 0.3 is 6.09 Å². The maximum Gasteiger partial charge on any atom is 0.407 e. The fraction of sp³-hybridized carbons (Fsp3) is 0.379. The Hall–Kier alpha value is -3.59. The Labute approximate surface area is 223 Å². The first-order valence-corrected chi connectivity index (χ1v) is 14.6. The number of amides is 1. The van der Waals surface area contributed by atoms with Gasteiger partial charge < -0.3 is 14.7 Å². The van der Waals surface area contributed by atoms with Crippen molar-refractivity contribution >= 4 is 15.9 Å². The number of benzene rings is 2. The zero-order valence-corrected chi connectivity index (χ0v) is 22.9. The average molecular weight is 539 g/mol. The second kappa shape index (κ2) is 10.6. The number of hydrogen-bond acceptors (Lipinski definition) is 5. The lowest BCUT2D eigenvalue weighted by Gasteiger charge is -2.38. The highest BCUT2D eigenvalue weighted by Gasteiger charge is 2.34. The molecule has 4 rings (SSSR count). The summed E-state index contributed by atoms with van der Waals surface area (Å²) in [5.74, 6) is 0.409. The van der Waals surface area contributed by atoms with Crippen LogP contribution in [0.15, 0.2) is 76.6 Å². The average Bonchev–Trinajstić information content (AvgIpc) is 2.88. The Balaban J connectivity index is 1.51. The van der Waals surface area contributed by atoms with Crippen LogP contribution in [0, 0.1) is 0 Å². The van der Waals surface area contributed by atoms with Crippen molar-refractivity contribution in [2.24, 2.45) is 0 Å². The topological polar surface area (TPSA) is 106 Å². The molecule has 9 heteroatoms. The number of hydrogen-bond donors (Lipinski definition) is 1. The number of ether oxygens (including phenoxy) is 1. The van der Waals surface area contributed by atoms with E-state index in [0.29, 0.717) is 30.8 Å². The van der Waals surface area contributed by atoms with Crippen LogP contribution in [0.2, 0.25) is 0 Å². The monoisotopic (exact) mass is 538 g/mol. The molecule has 8 nitrogen and oxygen atoms in total. The largest absolute Gasteiger partial charge is 0.490 e. The van der Waals surface area contributed by atoms with Gasteiger partial charge in [0.2, 0.25) is 0 Å². The molecule has 2 heterocycles. The Morgan fingerprint density at radius 2 is 1.74 bits per heavy atom. The number of likely N-dealkylation sites (tertiary alicyclic amines) is 1. The quantitative estimate of drug-likeness (QED) is 0.444. The van der Waals surface area contributed by atoms with Gasteiger partial charge in [-0.2, -0.15) is 0 Å². The van der Waals surface area contributed by atoms with Crippen molar-refractivity contribution in [3.63, 3.8) is 0 Å². The molecule has 1 aliphatic heterocycles. The lowest BCUT2D eigenvalue weighted by Crippen LogP contribution is -2.43. The SMILES string of the molecule is CCC(C)(C)c1ccc(C2CC(Oc3ccn(-c4ccc(S(C)(=O)=O)cc4)c(=O)c3)CCN2C(=O)O)cc1. The lowest BCUT2D eigenvalue weighted by atomic mass is 9.81. The van der Waals surface area contributed by atoms with E-state index >= 15 is 0 Å². The van der Waals surface area contributed by atoms with Crippen LogP contribution >= 0.6 is 0 Å². The van der Waals surface area contributed by atoms with Crippen LogP contribution in [-0.4, -0.2) is 48.0 Å². The van der Waals surface area contributed by atoms with Gasteiger partial charge in [-0.05, 0) is 53.3 Å². The van der Waals surface area contributed by atoms with E-state index in [2.05, 4.69) is 32.9 Å². The standard InChI is InChI=1S/C29H34N2O6S/c1-5-29(2,3)21-8-6-20(7-9-21)26-18-23(15-17-31(26)28(33)34)37-24-14-16-30(27(32)19-24)22-10-12-25(13-11-22)38(4,35)36/h6-14,16,19,23,26H,5,15,17-18H2,1-4H3,(H,33,34). The molecule has 1 fully saturated rings. The number of carboxylic acid groups (broad SMARTS) is 1. The van der Waals surface area contributed by atoms with E-state index < -0.39 is 15.9 Å². The number of carbonyl (C=O) groups is 1. The second-order valence-electron chi connectivity index (χ2n) is 10.5. The van der Waals surface area contributed by atoms with Crippen LogP contribution in [0.5, 0.6) is 5.75 Å². The lowest BCUT2D eigenvalue weighted by molar-refractivity contribution is 0.0538. The van der Waals surface area contributed by atoms with Crippen molar-refractivity contribution in [3.05, 3.63) is 88.3 Å². The summed E-state index contributed by atoms with van der Waals surface area (Å²) in [6.07, 6.45) is 3.48. The Bertz CT molecular complexity index is 1460. The third-order valence-corrected chi connectivity index (χ3v) is 8.63. The van der Waals surface area contributed by atoms with Crippen molar-refractivity contribution in [2.45, 2.75) is 62.5 Å². The molecule has 38 heavy (non-hydrogen) atoms. The third kappa shape index (κ3) is 5.93. The fourth-order valence-electron chi connectivity index (χ4n) is 4.74. The fourth-order valence-corrected chi connectivity index (χ4v) is 5.37. The maximum absolute atomic E-state index is 12.8. The molecule has 3 aromatic rings. The third-order valence-electron chi connectivity index (χ3n) is 7.50. The first kappa shape index (κ1) is 27.4. The second-order valence-corrected chi connectivity index (χ2v) is 12.5. The Morgan fingerprint density at radius 3 is 2.29 bits per heavy atom. The van der Waals surface area contributed by atoms with Crippen LogP contribution < -0.4 is 10.3 Å². The molecule has 0 spiro atoms. The summed E-state index contributed by atoms with van der Waals surface area (Å²) in [6, 6.07) is 17.0. The van der Waals surface area contributed by atoms with Gasteiger partial charge in [0.05, 0.1) is 10.9 Å². The van der Waals surface area contributed by atoms with Gasteiger partial charge in [-0.3, -0.25) is 9.36 Å². The molecule has 202 valence electrons. The van der Waals surface area contributed by atoms with Crippen molar-refractivity contribution in [2.75, 3.05) is 12.8 Å². The van der Waals surface area contributed by atoms with E-state index in [4.69, 9.17) is 4.74 Å². The molecule has 0 aliphatic carbocycles. The van der Waals surface area contributed by atoms with Gasteiger partial charge in [-0.1, -0.05) is 45.0 Å². The van der Waals surface area contributed by atoms with Gasteiger partial charge in [0.15, 0.2) is 9.84 Å². The molecule has 1 aromatic heterocycles. The van der Waals surface area contributed by atoms with E-state index in [-0.39, 0.29) is 28.0 Å². The molecule has 2 unspecified atom stereocenters. The minimum Gasteiger partial charge on any atom is -0.490 e. The highest BCUT2D eigenvalue weighted by atomic mass is 32.2. The number of pyridine rings is 1. The molecular weight excluding hydrogens is 504 g/mol. The summed E-state index contributed by atoms with van der Waals surface area (Å²) < 4.78 is 31.0. The van der Waals surface area contributed by atoms with Crippen LogP contribution in [0.1, 0.15) is 57.2 Å². The Morgan fingerprint density at radius 1 is 1.08 bits per heavy atom. The smallest absolute Gasteiger partial charge is 0.407 e.